The minimum absolute atomic E-state index is 0.628. The van der Waals surface area contributed by atoms with Gasteiger partial charge in [-0.2, -0.15) is 0 Å². The molecule has 0 saturated carbocycles. The van der Waals surface area contributed by atoms with Gasteiger partial charge in [0, 0.05) is 0 Å². The van der Waals surface area contributed by atoms with Crippen LogP contribution in [-0.4, -0.2) is 26.5 Å². The first kappa shape index (κ1) is 37.5. The Kier molecular flexibility index (Phi) is 9.31. The van der Waals surface area contributed by atoms with Gasteiger partial charge in [0.25, 0.3) is 0 Å². The maximum absolute atomic E-state index is 9.64. The van der Waals surface area contributed by atoms with Crippen LogP contribution in [0.15, 0.2) is 158 Å². The molecule has 6 heteroatoms. The van der Waals surface area contributed by atoms with E-state index in [0.717, 1.165) is 34.1 Å². The van der Waals surface area contributed by atoms with Crippen LogP contribution in [-0.2, 0) is 0 Å². The van der Waals surface area contributed by atoms with Crippen molar-refractivity contribution in [3.05, 3.63) is 175 Å². The van der Waals surface area contributed by atoms with Crippen LogP contribution in [0.2, 0.25) is 34.5 Å². The van der Waals surface area contributed by atoms with Gasteiger partial charge in [-0.3, -0.25) is 0 Å². The maximum atomic E-state index is 9.64. The summed E-state index contributed by atoms with van der Waals surface area (Å²) in [6.07, 6.45) is 0. The fraction of sp³-hybridized carbons (Fsp3) is 0.115. The van der Waals surface area contributed by atoms with Gasteiger partial charge in [-0.15, -0.1) is 0 Å². The van der Waals surface area contributed by atoms with Crippen molar-refractivity contribution in [3.63, 3.8) is 0 Å². The molecule has 0 spiro atoms. The second kappa shape index (κ2) is 14.4. The quantitative estimate of drug-likeness (QED) is 0.0660. The summed E-state index contributed by atoms with van der Waals surface area (Å²) in [6, 6.07) is 59.1. The van der Waals surface area contributed by atoms with Crippen LogP contribution < -0.4 is 18.6 Å². The molecule has 0 radical (unpaired) electrons. The van der Waals surface area contributed by atoms with E-state index in [4.69, 9.17) is 6.57 Å². The molecule has 0 saturated heterocycles. The standard InChI is InChI=1S/C52H44Ge2N4/c1-53(2,3)36-16-24-40(25-17-36)57(39-22-14-35(34-55)15-23-39)49-32-30-45-44-11-9-13-48-50(33-31-46(52(44)48)43-10-8-12-47(49)51(43)45)58(42-28-20-38(56-7)21-29-42)41-26-18-37(19-27-41)54(4,5)6/h8-33H,1-6H3. The molecule has 0 aromatic heterocycles. The van der Waals surface area contributed by atoms with Gasteiger partial charge in [0.05, 0.1) is 0 Å². The van der Waals surface area contributed by atoms with Crippen molar-refractivity contribution in [2.45, 2.75) is 34.5 Å². The Morgan fingerprint density at radius 2 is 0.776 bits per heavy atom. The molecule has 280 valence electrons. The van der Waals surface area contributed by atoms with Crippen LogP contribution in [0.25, 0.3) is 47.9 Å². The molecule has 0 aliphatic rings. The van der Waals surface area contributed by atoms with Crippen molar-refractivity contribution >= 4 is 118 Å². The van der Waals surface area contributed by atoms with Gasteiger partial charge >= 0.3 is 349 Å². The third kappa shape index (κ3) is 6.47. The third-order valence-electron chi connectivity index (χ3n) is 11.6. The average Bonchev–Trinajstić information content (AvgIpc) is 3.24. The Morgan fingerprint density at radius 1 is 0.431 bits per heavy atom. The Hall–Kier alpha value is -6.05. The van der Waals surface area contributed by atoms with Crippen LogP contribution in [0.5, 0.6) is 0 Å². The average molecular weight is 870 g/mol. The second-order valence-corrected chi connectivity index (χ2v) is 38.6. The zero-order valence-corrected chi connectivity index (χ0v) is 38.0. The molecule has 0 bridgehead atoms. The summed E-state index contributed by atoms with van der Waals surface area (Å²) in [5.41, 5.74) is 7.68. The van der Waals surface area contributed by atoms with E-state index in [1.54, 1.807) is 0 Å². The number of benzene rings is 9. The fourth-order valence-corrected chi connectivity index (χ4v) is 13.4. The molecular formula is C52H44Ge2N4. The van der Waals surface area contributed by atoms with E-state index in [1.165, 1.54) is 51.9 Å². The van der Waals surface area contributed by atoms with E-state index in [9.17, 15) is 5.26 Å². The Bertz CT molecular complexity index is 2840. The van der Waals surface area contributed by atoms with E-state index < -0.39 is 26.5 Å². The molecule has 58 heavy (non-hydrogen) atoms. The van der Waals surface area contributed by atoms with Crippen molar-refractivity contribution in [1.29, 1.82) is 5.26 Å². The van der Waals surface area contributed by atoms with Crippen molar-refractivity contribution in [3.8, 4) is 6.07 Å². The first-order valence-electron chi connectivity index (χ1n) is 19.9. The van der Waals surface area contributed by atoms with Gasteiger partial charge in [-0.25, -0.2) is 0 Å². The second-order valence-electron chi connectivity index (χ2n) is 17.3. The number of nitriles is 1. The zero-order chi connectivity index (χ0) is 40.3. The van der Waals surface area contributed by atoms with Gasteiger partial charge in [0.1, 0.15) is 0 Å². The monoisotopic (exact) mass is 872 g/mol. The van der Waals surface area contributed by atoms with Crippen LogP contribution in [0.3, 0.4) is 0 Å². The van der Waals surface area contributed by atoms with Gasteiger partial charge in [-0.05, 0) is 0 Å². The van der Waals surface area contributed by atoms with E-state index in [-0.39, 0.29) is 0 Å². The normalized spacial score (nSPS) is 11.9. The molecule has 0 amide bonds. The molecule has 9 rings (SSSR count). The topological polar surface area (TPSA) is 34.6 Å². The first-order chi connectivity index (χ1) is 27.9. The molecule has 0 N–H and O–H groups in total. The Balaban J connectivity index is 1.27. The number of fused-ring (bicyclic) bond motifs is 2. The molecule has 0 unspecified atom stereocenters. The zero-order valence-electron chi connectivity index (χ0n) is 33.8. The SMILES string of the molecule is [C-]#[N+]c1ccc(N(c2cc[c]([Ge]([CH3])([CH3])[CH3])cc2)c2ccc3c4cccc5c(N(c6ccc(C#N)cc6)c6cc[c]([Ge]([CH3])([CH3])[CH3])cc6)ccc(c6cccc2c63)c54)cc1. The summed E-state index contributed by atoms with van der Waals surface area (Å²) in [4.78, 5) is 8.37. The summed E-state index contributed by atoms with van der Waals surface area (Å²) < 4.78 is 2.93. The van der Waals surface area contributed by atoms with E-state index in [0.29, 0.717) is 11.3 Å². The molecule has 9 aromatic carbocycles. The summed E-state index contributed by atoms with van der Waals surface area (Å²) >= 11 is -4.08. The Morgan fingerprint density at radius 3 is 1.14 bits per heavy atom. The molecule has 9 aromatic rings. The first-order valence-corrected chi connectivity index (χ1v) is 34.5. The summed E-state index contributed by atoms with van der Waals surface area (Å²) in [7, 11) is 0. The fourth-order valence-electron chi connectivity index (χ4n) is 8.51. The van der Waals surface area contributed by atoms with E-state index >= 15 is 0 Å². The predicted molar refractivity (Wildman–Crippen MR) is 254 cm³/mol. The molecule has 0 fully saturated rings. The summed E-state index contributed by atoms with van der Waals surface area (Å²) in [6.45, 7) is 7.59. The molecule has 0 heterocycles. The molecule has 0 atom stereocenters. The van der Waals surface area contributed by atoms with Crippen LogP contribution in [0, 0.1) is 17.9 Å². The predicted octanol–water partition coefficient (Wildman–Crippen LogP) is 14.2. The van der Waals surface area contributed by atoms with Crippen LogP contribution in [0.4, 0.5) is 39.8 Å². The summed E-state index contributed by atoms with van der Waals surface area (Å²) in [5, 5.41) is 19.3. The minimum atomic E-state index is -2.04. The van der Waals surface area contributed by atoms with E-state index in [1.807, 2.05) is 24.3 Å². The van der Waals surface area contributed by atoms with Gasteiger partial charge in [-0.1, -0.05) is 0 Å². The number of hydrogen-bond donors (Lipinski definition) is 0. The number of hydrogen-bond acceptors (Lipinski definition) is 3. The van der Waals surface area contributed by atoms with E-state index in [2.05, 4.69) is 189 Å². The number of nitrogens with zero attached hydrogens (tertiary/aromatic N) is 4. The molecule has 4 nitrogen and oxygen atoms in total. The van der Waals surface area contributed by atoms with Gasteiger partial charge < -0.3 is 0 Å². The third-order valence-corrected chi connectivity index (χ3v) is 20.2. The molecule has 0 aliphatic heterocycles. The molecule has 0 aliphatic carbocycles. The van der Waals surface area contributed by atoms with Gasteiger partial charge in [0.2, 0.25) is 0 Å². The van der Waals surface area contributed by atoms with Gasteiger partial charge in [0.15, 0.2) is 0 Å². The number of rotatable bonds is 8. The van der Waals surface area contributed by atoms with Crippen molar-refractivity contribution in [2.75, 3.05) is 9.80 Å². The van der Waals surface area contributed by atoms with Crippen molar-refractivity contribution in [1.82, 2.24) is 0 Å². The summed E-state index contributed by atoms with van der Waals surface area (Å²) in [5.74, 6) is 14.6. The van der Waals surface area contributed by atoms with Crippen molar-refractivity contribution < 1.29 is 0 Å². The molecular weight excluding hydrogens is 826 g/mol. The van der Waals surface area contributed by atoms with Crippen LogP contribution in [0.1, 0.15) is 5.56 Å². The number of anilines is 6. The van der Waals surface area contributed by atoms with Crippen molar-refractivity contribution in [2.24, 2.45) is 0 Å². The Labute approximate surface area is 346 Å². The van der Waals surface area contributed by atoms with Crippen LogP contribution >= 0.6 is 0 Å².